The van der Waals surface area contributed by atoms with Crippen molar-refractivity contribution in [2.45, 2.75) is 64.8 Å². The van der Waals surface area contributed by atoms with E-state index in [1.165, 1.54) is 24.4 Å². The molecule has 2 atom stereocenters. The Labute approximate surface area is 271 Å². The highest BCUT2D eigenvalue weighted by Gasteiger charge is 2.35. The Morgan fingerprint density at radius 2 is 1.59 bits per heavy atom. The molecule has 0 aromatic heterocycles. The lowest BCUT2D eigenvalue weighted by atomic mass is 9.95. The highest BCUT2D eigenvalue weighted by Crippen LogP contribution is 2.50. The number of methoxy groups -OCH3 is 3. The zero-order valence-electron chi connectivity index (χ0n) is 27.9. The van der Waals surface area contributed by atoms with Crippen molar-refractivity contribution in [1.82, 2.24) is 14.5 Å². The van der Waals surface area contributed by atoms with Crippen molar-refractivity contribution in [2.75, 3.05) is 52.8 Å². The van der Waals surface area contributed by atoms with Crippen LogP contribution in [-0.4, -0.2) is 88.2 Å². The smallest absolute Gasteiger partial charge is 0.245 e. The summed E-state index contributed by atoms with van der Waals surface area (Å²) < 4.78 is 43.8. The molecule has 0 saturated carbocycles. The maximum Gasteiger partial charge on any atom is 0.245 e. The van der Waals surface area contributed by atoms with Crippen molar-refractivity contribution < 1.29 is 32.2 Å². The monoisotopic (exact) mass is 658 g/mol. The summed E-state index contributed by atoms with van der Waals surface area (Å²) in [5.74, 6) is 0.746. The lowest BCUT2D eigenvalue weighted by Crippen LogP contribution is -2.55. The Kier molecular flexibility index (Phi) is 10.9. The van der Waals surface area contributed by atoms with Crippen LogP contribution in [-0.2, 0) is 26.0 Å². The number of piperazine rings is 1. The number of ether oxygens (including phenoxy) is 3. The molecule has 1 aliphatic heterocycles. The van der Waals surface area contributed by atoms with Gasteiger partial charge in [-0.15, -0.1) is 0 Å². The summed E-state index contributed by atoms with van der Waals surface area (Å²) >= 11 is 0. The van der Waals surface area contributed by atoms with E-state index in [1.54, 1.807) is 39.0 Å². The van der Waals surface area contributed by atoms with Crippen LogP contribution >= 0.6 is 0 Å². The minimum absolute atomic E-state index is 0.183. The largest absolute Gasteiger partial charge is 0.493 e. The maximum atomic E-state index is 13.8. The summed E-state index contributed by atoms with van der Waals surface area (Å²) in [7, 11) is 1.20. The second kappa shape index (κ2) is 14.3. The van der Waals surface area contributed by atoms with E-state index in [4.69, 9.17) is 14.2 Å². The third kappa shape index (κ3) is 6.95. The van der Waals surface area contributed by atoms with E-state index in [0.29, 0.717) is 41.2 Å². The average molecular weight is 659 g/mol. The van der Waals surface area contributed by atoms with Crippen LogP contribution in [0.1, 0.15) is 58.2 Å². The standard InChI is InChI=1S/C33H46N4O8S/c1-19(2)30(33(40)36-13-15-37(16-14-36)46(41,42)20(3)4)35-26-12-10-23-24(18-27(26)39)25(34-21(5)38)11-9-22-17-28(43-6)31(44-7)32(45-8)29(22)23/h10,12,17-20,25,30H,9,11,13-16H2,1-8H3,(H,34,38)(H,35,39)/t25-,30-/m0/s1. The number of aryl methyl sites for hydroxylation is 1. The van der Waals surface area contributed by atoms with Gasteiger partial charge in [0.15, 0.2) is 11.5 Å². The lowest BCUT2D eigenvalue weighted by Gasteiger charge is -2.37. The number of hydrogen-bond acceptors (Lipinski definition) is 9. The van der Waals surface area contributed by atoms with Gasteiger partial charge in [0.25, 0.3) is 0 Å². The van der Waals surface area contributed by atoms with E-state index in [9.17, 15) is 22.8 Å². The van der Waals surface area contributed by atoms with Crippen LogP contribution < -0.4 is 30.3 Å². The van der Waals surface area contributed by atoms with Gasteiger partial charge in [0, 0.05) is 38.7 Å². The molecule has 46 heavy (non-hydrogen) atoms. The molecule has 1 fully saturated rings. The summed E-state index contributed by atoms with van der Waals surface area (Å²) in [5.41, 5.74) is 2.83. The van der Waals surface area contributed by atoms with Crippen LogP contribution in [0.15, 0.2) is 29.1 Å². The summed E-state index contributed by atoms with van der Waals surface area (Å²) in [6, 6.07) is 5.68. The van der Waals surface area contributed by atoms with Crippen molar-refractivity contribution in [3.8, 4) is 28.4 Å². The second-order valence-electron chi connectivity index (χ2n) is 12.3. The van der Waals surface area contributed by atoms with Gasteiger partial charge in [0.05, 0.1) is 38.3 Å². The number of amides is 2. The van der Waals surface area contributed by atoms with Gasteiger partial charge in [0.1, 0.15) is 6.04 Å². The van der Waals surface area contributed by atoms with Crippen molar-refractivity contribution >= 4 is 27.5 Å². The molecule has 2 aromatic rings. The first-order valence-corrected chi connectivity index (χ1v) is 17.1. The molecule has 4 rings (SSSR count). The summed E-state index contributed by atoms with van der Waals surface area (Å²) in [4.78, 5) is 41.6. The normalized spacial score (nSPS) is 17.4. The number of rotatable bonds is 10. The molecule has 2 aromatic carbocycles. The number of nitrogens with zero attached hydrogens (tertiary/aromatic N) is 2. The number of anilines is 1. The Hall–Kier alpha value is -3.84. The van der Waals surface area contributed by atoms with Crippen molar-refractivity contribution in [3.05, 3.63) is 45.6 Å². The Morgan fingerprint density at radius 3 is 2.13 bits per heavy atom. The predicted octanol–water partition coefficient (Wildman–Crippen LogP) is 3.18. The molecule has 2 N–H and O–H groups in total. The van der Waals surface area contributed by atoms with Gasteiger partial charge >= 0.3 is 0 Å². The number of fused-ring (bicyclic) bond motifs is 3. The number of nitrogens with one attached hydrogen (secondary N) is 2. The van der Waals surface area contributed by atoms with Gasteiger partial charge in [-0.2, -0.15) is 4.31 Å². The number of carbonyl (C=O) groups is 2. The van der Waals surface area contributed by atoms with E-state index in [0.717, 1.165) is 11.1 Å². The van der Waals surface area contributed by atoms with Gasteiger partial charge < -0.3 is 29.7 Å². The average Bonchev–Trinajstić information content (AvgIpc) is 3.26. The number of sulfonamides is 1. The summed E-state index contributed by atoms with van der Waals surface area (Å²) in [6.45, 7) is 9.48. The molecule has 1 aliphatic carbocycles. The van der Waals surface area contributed by atoms with E-state index in [2.05, 4.69) is 10.6 Å². The summed E-state index contributed by atoms with van der Waals surface area (Å²) in [6.07, 6.45) is 1.10. The van der Waals surface area contributed by atoms with Crippen molar-refractivity contribution in [2.24, 2.45) is 5.92 Å². The first kappa shape index (κ1) is 35.0. The molecule has 0 spiro atoms. The topological polar surface area (TPSA) is 144 Å². The Bertz CT molecular complexity index is 1640. The zero-order valence-corrected chi connectivity index (χ0v) is 28.7. The highest BCUT2D eigenvalue weighted by molar-refractivity contribution is 7.89. The lowest BCUT2D eigenvalue weighted by molar-refractivity contribution is -0.134. The first-order valence-electron chi connectivity index (χ1n) is 15.6. The molecule has 252 valence electrons. The molecule has 2 amide bonds. The van der Waals surface area contributed by atoms with E-state index in [1.807, 2.05) is 26.0 Å². The molecule has 12 nitrogen and oxygen atoms in total. The van der Waals surface area contributed by atoms with Crippen LogP contribution in [0.25, 0.3) is 11.1 Å². The molecule has 1 heterocycles. The SMILES string of the molecule is COc1cc2c(c(OC)c1OC)-c1ccc(N[C@H](C(=O)N3CCN(S(=O)(=O)C(C)C)CC3)C(C)C)c(=O)cc1[C@@H](NC(C)=O)CC2. The predicted molar refractivity (Wildman–Crippen MR) is 177 cm³/mol. The highest BCUT2D eigenvalue weighted by atomic mass is 32.2. The van der Waals surface area contributed by atoms with E-state index < -0.39 is 27.4 Å². The molecular formula is C33H46N4O8S. The fourth-order valence-corrected chi connectivity index (χ4v) is 7.43. The quantitative estimate of drug-likeness (QED) is 0.394. The first-order chi connectivity index (χ1) is 21.7. The fourth-order valence-electron chi connectivity index (χ4n) is 6.17. The third-order valence-electron chi connectivity index (χ3n) is 8.67. The van der Waals surface area contributed by atoms with Gasteiger partial charge in [-0.3, -0.25) is 14.4 Å². The van der Waals surface area contributed by atoms with Crippen LogP contribution in [0.2, 0.25) is 0 Å². The van der Waals surface area contributed by atoms with Crippen molar-refractivity contribution in [1.29, 1.82) is 0 Å². The summed E-state index contributed by atoms with van der Waals surface area (Å²) in [5, 5.41) is 5.67. The van der Waals surface area contributed by atoms with Crippen LogP contribution in [0, 0.1) is 5.92 Å². The molecule has 0 unspecified atom stereocenters. The van der Waals surface area contributed by atoms with Crippen molar-refractivity contribution in [3.63, 3.8) is 0 Å². The number of benzene rings is 1. The van der Waals surface area contributed by atoms with Gasteiger partial charge in [-0.1, -0.05) is 19.9 Å². The minimum Gasteiger partial charge on any atom is -0.493 e. The zero-order chi connectivity index (χ0) is 33.9. The molecule has 0 radical (unpaired) electrons. The maximum absolute atomic E-state index is 13.8. The molecule has 13 heteroatoms. The number of hydrogen-bond donors (Lipinski definition) is 2. The number of carbonyl (C=O) groups excluding carboxylic acids is 2. The molecule has 1 saturated heterocycles. The Balaban J connectivity index is 1.76. The second-order valence-corrected chi connectivity index (χ2v) is 14.8. The van der Waals surface area contributed by atoms with Crippen LogP contribution in [0.5, 0.6) is 17.2 Å². The third-order valence-corrected chi connectivity index (χ3v) is 10.9. The van der Waals surface area contributed by atoms with Gasteiger partial charge in [0.2, 0.25) is 33.0 Å². The molecular weight excluding hydrogens is 612 g/mol. The van der Waals surface area contributed by atoms with E-state index in [-0.39, 0.29) is 55.0 Å². The molecule has 2 aliphatic rings. The Morgan fingerprint density at radius 1 is 0.935 bits per heavy atom. The fraction of sp³-hybridized carbons (Fsp3) is 0.545. The van der Waals surface area contributed by atoms with Gasteiger partial charge in [-0.25, -0.2) is 8.42 Å². The minimum atomic E-state index is -3.42. The van der Waals surface area contributed by atoms with Gasteiger partial charge in [-0.05, 0) is 67.5 Å². The van der Waals surface area contributed by atoms with Crippen LogP contribution in [0.3, 0.4) is 0 Å². The van der Waals surface area contributed by atoms with Crippen LogP contribution in [0.4, 0.5) is 5.69 Å². The molecule has 0 bridgehead atoms. The van der Waals surface area contributed by atoms with E-state index >= 15 is 0 Å².